The number of anilines is 12. The zero-order chi connectivity index (χ0) is 54.5. The van der Waals surface area contributed by atoms with Crippen LogP contribution in [-0.2, 0) is 10.8 Å². The molecule has 13 rings (SSSR count). The first-order valence-corrected chi connectivity index (χ1v) is 27.5. The van der Waals surface area contributed by atoms with Crippen molar-refractivity contribution >= 4 is 68.2 Å². The van der Waals surface area contributed by atoms with Crippen molar-refractivity contribution in [2.45, 2.75) is 38.5 Å². The van der Waals surface area contributed by atoms with Gasteiger partial charge >= 0.3 is 0 Å². The van der Waals surface area contributed by atoms with E-state index in [-0.39, 0.29) is 10.8 Å². The monoisotopic (exact) mass is 1040 g/mol. The molecule has 80 heavy (non-hydrogen) atoms. The molecule has 0 bridgehead atoms. The molecular formula is C74H62N4O2. The van der Waals surface area contributed by atoms with Crippen LogP contribution in [0.4, 0.5) is 68.2 Å². The lowest BCUT2D eigenvalue weighted by Crippen LogP contribution is -2.16. The summed E-state index contributed by atoms with van der Waals surface area (Å²) in [5.41, 5.74) is 23.0. The van der Waals surface area contributed by atoms with E-state index in [1.165, 1.54) is 44.5 Å². The highest BCUT2D eigenvalue weighted by Crippen LogP contribution is 2.53. The van der Waals surface area contributed by atoms with Gasteiger partial charge in [-0.05, 0) is 214 Å². The maximum Gasteiger partial charge on any atom is 0.119 e. The summed E-state index contributed by atoms with van der Waals surface area (Å²) in [5.74, 6) is 1.64. The highest BCUT2D eigenvalue weighted by atomic mass is 16.5. The van der Waals surface area contributed by atoms with Crippen LogP contribution in [0.2, 0.25) is 0 Å². The summed E-state index contributed by atoms with van der Waals surface area (Å²) >= 11 is 0. The first-order chi connectivity index (χ1) is 39.1. The van der Waals surface area contributed by atoms with E-state index in [1.54, 1.807) is 14.2 Å². The fraction of sp³-hybridized carbons (Fsp3) is 0.108. The zero-order valence-electron chi connectivity index (χ0n) is 46.0. The number of hydrogen-bond acceptors (Lipinski definition) is 6. The number of benzene rings is 11. The van der Waals surface area contributed by atoms with Gasteiger partial charge in [0.05, 0.1) is 14.2 Å². The largest absolute Gasteiger partial charge is 0.497 e. The second-order valence-electron chi connectivity index (χ2n) is 21.8. The van der Waals surface area contributed by atoms with Crippen LogP contribution >= 0.6 is 0 Å². The zero-order valence-corrected chi connectivity index (χ0v) is 46.0. The SMILES string of the molecule is COc1ccc(N(c2ccc(N(c3ccccc3)c3ccc(N(c4ccccc4)c4ccc(N(c5ccc(OC)cc5)c5ccc6c(c5)C(C)(C)c5ccccc5-6)cc4)cc3)cc2)c2ccc3c(c2)C(C)(C)c2ccccc2-3)cc1. The normalized spacial score (nSPS) is 13.1. The molecule has 0 aliphatic heterocycles. The molecule has 0 fully saturated rings. The molecule has 2 aliphatic carbocycles. The van der Waals surface area contributed by atoms with Crippen molar-refractivity contribution in [1.29, 1.82) is 0 Å². The van der Waals surface area contributed by atoms with Crippen LogP contribution in [0.25, 0.3) is 22.3 Å². The molecule has 390 valence electrons. The smallest absolute Gasteiger partial charge is 0.119 e. The first-order valence-electron chi connectivity index (χ1n) is 27.5. The standard InChI is InChI=1S/C74H62N4O2/c1-73(2)69-23-15-13-21-65(69)67-47-41-61(49-71(67)73)77(59-37-43-63(79-5)44-38-59)57-33-29-55(30-34-57)75(51-17-9-7-10-18-51)53-25-27-54(28-26-53)76(52-19-11-8-12-20-52)56-31-35-58(36-32-56)78(60-39-45-64(80-6)46-40-60)62-42-48-68-66-22-14-16-24-70(66)74(3,4)72(68)50-62/h7-50H,1-6H3. The topological polar surface area (TPSA) is 31.4 Å². The Labute approximate surface area is 470 Å². The summed E-state index contributed by atoms with van der Waals surface area (Å²) in [7, 11) is 3.42. The van der Waals surface area contributed by atoms with Gasteiger partial charge in [-0.2, -0.15) is 0 Å². The van der Waals surface area contributed by atoms with Gasteiger partial charge in [0.15, 0.2) is 0 Å². The molecule has 0 atom stereocenters. The highest BCUT2D eigenvalue weighted by molar-refractivity contribution is 5.89. The first kappa shape index (κ1) is 49.8. The van der Waals surface area contributed by atoms with Crippen molar-refractivity contribution in [3.8, 4) is 33.8 Å². The fourth-order valence-electron chi connectivity index (χ4n) is 12.3. The molecule has 6 nitrogen and oxygen atoms in total. The van der Waals surface area contributed by atoms with Crippen molar-refractivity contribution in [2.75, 3.05) is 33.8 Å². The fourth-order valence-corrected chi connectivity index (χ4v) is 12.3. The summed E-state index contributed by atoms with van der Waals surface area (Å²) in [6.45, 7) is 9.35. The summed E-state index contributed by atoms with van der Waals surface area (Å²) < 4.78 is 11.2. The van der Waals surface area contributed by atoms with Crippen LogP contribution in [0.3, 0.4) is 0 Å². The minimum absolute atomic E-state index is 0.137. The Hall–Kier alpha value is -9.78. The molecule has 2 aliphatic rings. The van der Waals surface area contributed by atoms with Gasteiger partial charge in [0, 0.05) is 79.1 Å². The Kier molecular flexibility index (Phi) is 12.6. The number of ether oxygens (including phenoxy) is 2. The van der Waals surface area contributed by atoms with Crippen LogP contribution in [-0.4, -0.2) is 14.2 Å². The Morgan fingerprint density at radius 2 is 0.450 bits per heavy atom. The number of hydrogen-bond donors (Lipinski definition) is 0. The third-order valence-electron chi connectivity index (χ3n) is 16.4. The molecule has 0 N–H and O–H groups in total. The molecule has 0 unspecified atom stereocenters. The Morgan fingerprint density at radius 1 is 0.225 bits per heavy atom. The highest BCUT2D eigenvalue weighted by Gasteiger charge is 2.37. The molecular weight excluding hydrogens is 977 g/mol. The van der Waals surface area contributed by atoms with Crippen LogP contribution in [0, 0.1) is 0 Å². The van der Waals surface area contributed by atoms with E-state index in [0.29, 0.717) is 0 Å². The quantitative estimate of drug-likeness (QED) is 0.108. The molecule has 11 aromatic carbocycles. The van der Waals surface area contributed by atoms with Crippen molar-refractivity contribution in [2.24, 2.45) is 0 Å². The molecule has 6 heteroatoms. The minimum atomic E-state index is -0.137. The maximum atomic E-state index is 5.61. The maximum absolute atomic E-state index is 5.61. The van der Waals surface area contributed by atoms with E-state index in [2.05, 4.69) is 290 Å². The van der Waals surface area contributed by atoms with E-state index >= 15 is 0 Å². The molecule has 0 saturated heterocycles. The molecule has 0 heterocycles. The third-order valence-corrected chi connectivity index (χ3v) is 16.4. The number of methoxy groups -OCH3 is 2. The predicted octanol–water partition coefficient (Wildman–Crippen LogP) is 20.2. The van der Waals surface area contributed by atoms with Crippen molar-refractivity contribution in [1.82, 2.24) is 0 Å². The molecule has 0 amide bonds. The lowest BCUT2D eigenvalue weighted by molar-refractivity contribution is 0.414. The molecule has 0 radical (unpaired) electrons. The Balaban J connectivity index is 0.843. The second-order valence-corrected chi connectivity index (χ2v) is 21.8. The average Bonchev–Trinajstić information content (AvgIpc) is 3.89. The van der Waals surface area contributed by atoms with Crippen molar-refractivity contribution < 1.29 is 9.47 Å². The second kappa shape index (κ2) is 20.2. The predicted molar refractivity (Wildman–Crippen MR) is 333 cm³/mol. The molecule has 0 spiro atoms. The molecule has 0 saturated carbocycles. The van der Waals surface area contributed by atoms with Gasteiger partial charge in [0.25, 0.3) is 0 Å². The van der Waals surface area contributed by atoms with E-state index in [0.717, 1.165) is 79.7 Å². The number of nitrogens with zero attached hydrogens (tertiary/aromatic N) is 4. The molecule has 11 aromatic rings. The number of para-hydroxylation sites is 2. The van der Waals surface area contributed by atoms with Gasteiger partial charge in [-0.25, -0.2) is 0 Å². The lowest BCUT2D eigenvalue weighted by atomic mass is 9.82. The van der Waals surface area contributed by atoms with Gasteiger partial charge in [-0.15, -0.1) is 0 Å². The van der Waals surface area contributed by atoms with Crippen molar-refractivity contribution in [3.05, 3.63) is 289 Å². The van der Waals surface area contributed by atoms with E-state index in [1.807, 2.05) is 24.3 Å². The van der Waals surface area contributed by atoms with Crippen LogP contribution in [0.5, 0.6) is 11.5 Å². The Bertz CT molecular complexity index is 3740. The third kappa shape index (κ3) is 8.70. The van der Waals surface area contributed by atoms with E-state index < -0.39 is 0 Å². The molecule has 0 aromatic heterocycles. The van der Waals surface area contributed by atoms with E-state index in [4.69, 9.17) is 9.47 Å². The van der Waals surface area contributed by atoms with Crippen LogP contribution in [0.15, 0.2) is 267 Å². The van der Waals surface area contributed by atoms with E-state index in [9.17, 15) is 0 Å². The van der Waals surface area contributed by atoms with Gasteiger partial charge in [-0.3, -0.25) is 0 Å². The van der Waals surface area contributed by atoms with Gasteiger partial charge in [0.2, 0.25) is 0 Å². The summed E-state index contributed by atoms with van der Waals surface area (Å²) in [6, 6.07) is 96.2. The average molecular weight is 1040 g/mol. The minimum Gasteiger partial charge on any atom is -0.497 e. The summed E-state index contributed by atoms with van der Waals surface area (Å²) in [4.78, 5) is 9.35. The summed E-state index contributed by atoms with van der Waals surface area (Å²) in [6.07, 6.45) is 0. The van der Waals surface area contributed by atoms with Gasteiger partial charge < -0.3 is 29.1 Å². The number of rotatable bonds is 14. The van der Waals surface area contributed by atoms with Crippen molar-refractivity contribution in [3.63, 3.8) is 0 Å². The van der Waals surface area contributed by atoms with Crippen LogP contribution < -0.4 is 29.1 Å². The van der Waals surface area contributed by atoms with Crippen LogP contribution in [0.1, 0.15) is 49.9 Å². The van der Waals surface area contributed by atoms with Gasteiger partial charge in [0.1, 0.15) is 11.5 Å². The Morgan fingerprint density at radius 3 is 0.750 bits per heavy atom. The summed E-state index contributed by atoms with van der Waals surface area (Å²) in [5, 5.41) is 0. The number of fused-ring (bicyclic) bond motifs is 6. The van der Waals surface area contributed by atoms with Gasteiger partial charge in [-0.1, -0.05) is 125 Å². The lowest BCUT2D eigenvalue weighted by Gasteiger charge is -2.30.